The van der Waals surface area contributed by atoms with E-state index in [1.807, 2.05) is 19.3 Å². The Hall–Kier alpha value is -1.20. The molecule has 0 radical (unpaired) electrons. The number of hydrogen-bond donors (Lipinski definition) is 1. The van der Waals surface area contributed by atoms with Crippen molar-refractivity contribution in [2.45, 2.75) is 25.8 Å². The van der Waals surface area contributed by atoms with E-state index in [2.05, 4.69) is 26.8 Å². The first-order chi connectivity index (χ1) is 8.65. The predicted octanol–water partition coefficient (Wildman–Crippen LogP) is 0.508. The molecule has 2 N–H and O–H groups in total. The highest BCUT2D eigenvalue weighted by Gasteiger charge is 2.14. The molecule has 0 amide bonds. The van der Waals surface area contributed by atoms with Crippen LogP contribution in [0.5, 0.6) is 0 Å². The average molecular weight is 249 g/mol. The van der Waals surface area contributed by atoms with Gasteiger partial charge in [-0.05, 0) is 38.9 Å². The van der Waals surface area contributed by atoms with E-state index in [0.717, 1.165) is 44.1 Å². The number of nitrogens with zero attached hydrogens (tertiary/aromatic N) is 4. The molecule has 0 spiro atoms. The third kappa shape index (κ3) is 3.65. The van der Waals surface area contributed by atoms with Crippen molar-refractivity contribution in [2.24, 2.45) is 5.73 Å². The van der Waals surface area contributed by atoms with E-state index >= 15 is 0 Å². The summed E-state index contributed by atoms with van der Waals surface area (Å²) in [6, 6.07) is 0.159. The quantitative estimate of drug-likeness (QED) is 0.846. The maximum absolute atomic E-state index is 5.77. The second-order valence-electron chi connectivity index (χ2n) is 5.22. The SMILES string of the molecule is CC(N)Cc1cnc(N2CCCN(C)CC2)nc1. The van der Waals surface area contributed by atoms with Crippen molar-refractivity contribution in [3.8, 4) is 0 Å². The average Bonchev–Trinajstić information content (AvgIpc) is 2.54. The number of hydrogen-bond acceptors (Lipinski definition) is 5. The van der Waals surface area contributed by atoms with E-state index in [1.54, 1.807) is 0 Å². The summed E-state index contributed by atoms with van der Waals surface area (Å²) in [5, 5.41) is 0. The van der Waals surface area contributed by atoms with Crippen LogP contribution in [-0.4, -0.2) is 54.1 Å². The van der Waals surface area contributed by atoms with Gasteiger partial charge in [0.2, 0.25) is 5.95 Å². The van der Waals surface area contributed by atoms with Crippen LogP contribution < -0.4 is 10.6 Å². The summed E-state index contributed by atoms with van der Waals surface area (Å²) < 4.78 is 0. The highest BCUT2D eigenvalue weighted by Crippen LogP contribution is 2.11. The van der Waals surface area contributed by atoms with Crippen molar-refractivity contribution in [3.63, 3.8) is 0 Å². The van der Waals surface area contributed by atoms with Crippen molar-refractivity contribution in [1.82, 2.24) is 14.9 Å². The molecule has 1 fully saturated rings. The molecule has 2 rings (SSSR count). The van der Waals surface area contributed by atoms with Gasteiger partial charge < -0.3 is 15.5 Å². The van der Waals surface area contributed by atoms with Gasteiger partial charge in [0, 0.05) is 38.1 Å². The molecule has 1 aromatic heterocycles. The molecule has 1 aliphatic heterocycles. The molecular weight excluding hydrogens is 226 g/mol. The van der Waals surface area contributed by atoms with E-state index in [-0.39, 0.29) is 6.04 Å². The topological polar surface area (TPSA) is 58.3 Å². The fourth-order valence-corrected chi connectivity index (χ4v) is 2.23. The Morgan fingerprint density at radius 1 is 1.22 bits per heavy atom. The summed E-state index contributed by atoms with van der Waals surface area (Å²) in [5.41, 5.74) is 6.88. The van der Waals surface area contributed by atoms with Crippen LogP contribution >= 0.6 is 0 Å². The van der Waals surface area contributed by atoms with Gasteiger partial charge in [-0.15, -0.1) is 0 Å². The van der Waals surface area contributed by atoms with Crippen molar-refractivity contribution in [2.75, 3.05) is 38.1 Å². The Balaban J connectivity index is 2.00. The largest absolute Gasteiger partial charge is 0.339 e. The third-order valence-electron chi connectivity index (χ3n) is 3.25. The highest BCUT2D eigenvalue weighted by molar-refractivity contribution is 5.30. The summed E-state index contributed by atoms with van der Waals surface area (Å²) in [6.45, 7) is 6.27. The summed E-state index contributed by atoms with van der Waals surface area (Å²) >= 11 is 0. The molecule has 2 heterocycles. The molecule has 100 valence electrons. The molecule has 0 saturated carbocycles. The molecule has 1 atom stereocenters. The van der Waals surface area contributed by atoms with Crippen LogP contribution in [0.3, 0.4) is 0 Å². The lowest BCUT2D eigenvalue weighted by molar-refractivity contribution is 0.360. The van der Waals surface area contributed by atoms with E-state index in [9.17, 15) is 0 Å². The molecule has 5 nitrogen and oxygen atoms in total. The van der Waals surface area contributed by atoms with Gasteiger partial charge in [0.1, 0.15) is 0 Å². The number of rotatable bonds is 3. The van der Waals surface area contributed by atoms with E-state index in [4.69, 9.17) is 5.73 Å². The summed E-state index contributed by atoms with van der Waals surface area (Å²) in [7, 11) is 2.16. The smallest absolute Gasteiger partial charge is 0.225 e. The summed E-state index contributed by atoms with van der Waals surface area (Å²) in [6.07, 6.45) is 5.81. The summed E-state index contributed by atoms with van der Waals surface area (Å²) in [5.74, 6) is 0.846. The van der Waals surface area contributed by atoms with Crippen molar-refractivity contribution in [3.05, 3.63) is 18.0 Å². The Morgan fingerprint density at radius 2 is 1.94 bits per heavy atom. The van der Waals surface area contributed by atoms with Gasteiger partial charge in [-0.25, -0.2) is 9.97 Å². The maximum atomic E-state index is 5.77. The third-order valence-corrected chi connectivity index (χ3v) is 3.25. The van der Waals surface area contributed by atoms with Gasteiger partial charge in [-0.2, -0.15) is 0 Å². The van der Waals surface area contributed by atoms with Gasteiger partial charge in [0.15, 0.2) is 0 Å². The zero-order valence-corrected chi connectivity index (χ0v) is 11.3. The number of nitrogens with two attached hydrogens (primary N) is 1. The van der Waals surface area contributed by atoms with E-state index < -0.39 is 0 Å². The van der Waals surface area contributed by atoms with Crippen LogP contribution in [-0.2, 0) is 6.42 Å². The standard InChI is InChI=1S/C13H23N5/c1-11(14)8-12-9-15-13(16-10-12)18-5-3-4-17(2)6-7-18/h9-11H,3-8,14H2,1-2H3. The first-order valence-electron chi connectivity index (χ1n) is 6.65. The second kappa shape index (κ2) is 6.11. The zero-order valence-electron chi connectivity index (χ0n) is 11.3. The molecule has 0 aliphatic carbocycles. The Kier molecular flexibility index (Phi) is 4.49. The fourth-order valence-electron chi connectivity index (χ4n) is 2.23. The minimum Gasteiger partial charge on any atom is -0.339 e. The van der Waals surface area contributed by atoms with Crippen LogP contribution in [0, 0.1) is 0 Å². The lowest BCUT2D eigenvalue weighted by Crippen LogP contribution is -2.30. The van der Waals surface area contributed by atoms with Crippen LogP contribution in [0.15, 0.2) is 12.4 Å². The van der Waals surface area contributed by atoms with Crippen molar-refractivity contribution in [1.29, 1.82) is 0 Å². The second-order valence-corrected chi connectivity index (χ2v) is 5.22. The molecule has 1 aliphatic rings. The summed E-state index contributed by atoms with van der Waals surface area (Å²) in [4.78, 5) is 13.5. The monoisotopic (exact) mass is 249 g/mol. The molecule has 0 aromatic carbocycles. The Bertz CT molecular complexity index is 362. The Morgan fingerprint density at radius 3 is 2.61 bits per heavy atom. The van der Waals surface area contributed by atoms with Gasteiger partial charge in [0.25, 0.3) is 0 Å². The first kappa shape index (κ1) is 13.2. The lowest BCUT2D eigenvalue weighted by atomic mass is 10.1. The molecular formula is C13H23N5. The van der Waals surface area contributed by atoms with Gasteiger partial charge in [-0.1, -0.05) is 0 Å². The first-order valence-corrected chi connectivity index (χ1v) is 6.65. The van der Waals surface area contributed by atoms with Crippen LogP contribution in [0.1, 0.15) is 18.9 Å². The number of anilines is 1. The number of aromatic nitrogens is 2. The zero-order chi connectivity index (χ0) is 13.0. The number of likely N-dealkylation sites (N-methyl/N-ethyl adjacent to an activating group) is 1. The minimum atomic E-state index is 0.159. The van der Waals surface area contributed by atoms with Gasteiger partial charge in [-0.3, -0.25) is 0 Å². The molecule has 0 bridgehead atoms. The van der Waals surface area contributed by atoms with Crippen LogP contribution in [0.25, 0.3) is 0 Å². The van der Waals surface area contributed by atoms with Crippen LogP contribution in [0.2, 0.25) is 0 Å². The lowest BCUT2D eigenvalue weighted by Gasteiger charge is -2.20. The van der Waals surface area contributed by atoms with Crippen molar-refractivity contribution >= 4 is 5.95 Å². The van der Waals surface area contributed by atoms with Crippen molar-refractivity contribution < 1.29 is 0 Å². The molecule has 1 saturated heterocycles. The minimum absolute atomic E-state index is 0.159. The molecule has 18 heavy (non-hydrogen) atoms. The highest BCUT2D eigenvalue weighted by atomic mass is 15.3. The van der Waals surface area contributed by atoms with E-state index in [0.29, 0.717) is 0 Å². The molecule has 1 unspecified atom stereocenters. The van der Waals surface area contributed by atoms with Gasteiger partial charge in [0.05, 0.1) is 0 Å². The van der Waals surface area contributed by atoms with Gasteiger partial charge >= 0.3 is 0 Å². The predicted molar refractivity (Wildman–Crippen MR) is 73.7 cm³/mol. The maximum Gasteiger partial charge on any atom is 0.225 e. The van der Waals surface area contributed by atoms with E-state index in [1.165, 1.54) is 6.42 Å². The normalized spacial score (nSPS) is 19.6. The van der Waals surface area contributed by atoms with Crippen LogP contribution in [0.4, 0.5) is 5.95 Å². The fraction of sp³-hybridized carbons (Fsp3) is 0.692. The Labute approximate surface area is 109 Å². The molecule has 5 heteroatoms. The molecule has 1 aromatic rings.